The number of carbonyl (C=O) groups excluding carboxylic acids is 1. The Bertz CT molecular complexity index is 607. The van der Waals surface area contributed by atoms with E-state index < -0.39 is 17.6 Å². The van der Waals surface area contributed by atoms with E-state index in [1.807, 2.05) is 0 Å². The summed E-state index contributed by atoms with van der Waals surface area (Å²) in [6.45, 7) is -0.235. The molecule has 2 aromatic rings. The van der Waals surface area contributed by atoms with Crippen molar-refractivity contribution in [2.24, 2.45) is 5.73 Å². The van der Waals surface area contributed by atoms with Gasteiger partial charge in [-0.1, -0.05) is 6.07 Å². The fraction of sp³-hybridized carbons (Fsp3) is 0.154. The van der Waals surface area contributed by atoms with Crippen molar-refractivity contribution in [1.29, 1.82) is 0 Å². The number of nitrogens with two attached hydrogens (primary N) is 1. The lowest BCUT2D eigenvalue weighted by molar-refractivity contribution is -0.138. The van der Waals surface area contributed by atoms with E-state index in [4.69, 9.17) is 10.2 Å². The maximum Gasteiger partial charge on any atom is 0.416 e. The summed E-state index contributed by atoms with van der Waals surface area (Å²) in [6.07, 6.45) is -3.23. The first-order chi connectivity index (χ1) is 9.41. The van der Waals surface area contributed by atoms with E-state index in [2.05, 4.69) is 5.32 Å². The Labute approximate surface area is 112 Å². The molecule has 0 bridgehead atoms. The van der Waals surface area contributed by atoms with Crippen LogP contribution in [0.3, 0.4) is 0 Å². The minimum atomic E-state index is -4.53. The highest BCUT2D eigenvalue weighted by Crippen LogP contribution is 2.33. The molecule has 0 spiro atoms. The molecule has 2 rings (SSSR count). The van der Waals surface area contributed by atoms with Crippen LogP contribution in [0, 0.1) is 0 Å². The SMILES string of the molecule is NCc1ccc(NC(=O)c2ccco2)cc1C(F)(F)F. The van der Waals surface area contributed by atoms with Gasteiger partial charge in [0.05, 0.1) is 11.8 Å². The third-order valence-electron chi connectivity index (χ3n) is 2.64. The number of halogens is 3. The summed E-state index contributed by atoms with van der Waals surface area (Å²) in [4.78, 5) is 11.7. The summed E-state index contributed by atoms with van der Waals surface area (Å²) >= 11 is 0. The average Bonchev–Trinajstić information content (AvgIpc) is 2.91. The van der Waals surface area contributed by atoms with Crippen LogP contribution in [0.5, 0.6) is 0 Å². The molecule has 1 aromatic heterocycles. The van der Waals surface area contributed by atoms with Crippen LogP contribution in [0.25, 0.3) is 0 Å². The normalized spacial score (nSPS) is 11.4. The second-order valence-electron chi connectivity index (χ2n) is 4.01. The standard InChI is InChI=1S/C13H11F3N2O2/c14-13(15,16)10-6-9(4-3-8(10)7-17)18-12(19)11-2-1-5-20-11/h1-6H,7,17H2,(H,18,19). The number of hydrogen-bond donors (Lipinski definition) is 2. The Hall–Kier alpha value is -2.28. The zero-order chi connectivity index (χ0) is 14.8. The lowest BCUT2D eigenvalue weighted by atomic mass is 10.1. The molecule has 20 heavy (non-hydrogen) atoms. The zero-order valence-electron chi connectivity index (χ0n) is 10.2. The molecule has 4 nitrogen and oxygen atoms in total. The molecule has 0 aliphatic heterocycles. The van der Waals surface area contributed by atoms with Gasteiger partial charge in [0.15, 0.2) is 5.76 Å². The number of benzene rings is 1. The van der Waals surface area contributed by atoms with Gasteiger partial charge in [-0.25, -0.2) is 0 Å². The van der Waals surface area contributed by atoms with E-state index in [-0.39, 0.29) is 23.6 Å². The maximum atomic E-state index is 12.8. The fourth-order valence-corrected chi connectivity index (χ4v) is 1.70. The highest BCUT2D eigenvalue weighted by molar-refractivity contribution is 6.02. The number of alkyl halides is 3. The van der Waals surface area contributed by atoms with Crippen molar-refractivity contribution < 1.29 is 22.4 Å². The molecule has 1 heterocycles. The van der Waals surface area contributed by atoms with Crippen LogP contribution in [-0.4, -0.2) is 5.91 Å². The van der Waals surface area contributed by atoms with Gasteiger partial charge in [-0.15, -0.1) is 0 Å². The van der Waals surface area contributed by atoms with E-state index in [9.17, 15) is 18.0 Å². The monoisotopic (exact) mass is 284 g/mol. The predicted octanol–water partition coefficient (Wildman–Crippen LogP) is 3.01. The van der Waals surface area contributed by atoms with Gasteiger partial charge in [-0.2, -0.15) is 13.2 Å². The molecule has 0 saturated carbocycles. The van der Waals surface area contributed by atoms with Gasteiger partial charge < -0.3 is 15.5 Å². The second kappa shape index (κ2) is 5.38. The van der Waals surface area contributed by atoms with E-state index in [1.165, 1.54) is 30.5 Å². The average molecular weight is 284 g/mol. The molecule has 1 amide bonds. The number of rotatable bonds is 3. The number of furan rings is 1. The van der Waals surface area contributed by atoms with Crippen LogP contribution in [0.2, 0.25) is 0 Å². The lowest BCUT2D eigenvalue weighted by Gasteiger charge is -2.13. The van der Waals surface area contributed by atoms with Crippen LogP contribution in [-0.2, 0) is 12.7 Å². The number of hydrogen-bond acceptors (Lipinski definition) is 3. The van der Waals surface area contributed by atoms with E-state index >= 15 is 0 Å². The minimum Gasteiger partial charge on any atom is -0.459 e. The first-order valence-corrected chi connectivity index (χ1v) is 5.67. The van der Waals surface area contributed by atoms with Crippen molar-refractivity contribution >= 4 is 11.6 Å². The third kappa shape index (κ3) is 3.00. The molecule has 0 fully saturated rings. The van der Waals surface area contributed by atoms with Crippen LogP contribution in [0.1, 0.15) is 21.7 Å². The van der Waals surface area contributed by atoms with Crippen LogP contribution in [0.4, 0.5) is 18.9 Å². The molecule has 0 aliphatic carbocycles. The number of nitrogens with one attached hydrogen (secondary N) is 1. The molecule has 0 aliphatic rings. The Balaban J connectivity index is 2.28. The summed E-state index contributed by atoms with van der Waals surface area (Å²) in [5, 5.41) is 2.33. The third-order valence-corrected chi connectivity index (χ3v) is 2.64. The largest absolute Gasteiger partial charge is 0.459 e. The number of amides is 1. The van der Waals surface area contributed by atoms with Gasteiger partial charge in [-0.05, 0) is 29.8 Å². The molecular formula is C13H11F3N2O2. The summed E-state index contributed by atoms with van der Waals surface area (Å²) in [5.74, 6) is -0.606. The highest BCUT2D eigenvalue weighted by atomic mass is 19.4. The summed E-state index contributed by atoms with van der Waals surface area (Å²) in [6, 6.07) is 6.36. The molecule has 0 atom stereocenters. The van der Waals surface area contributed by atoms with Crippen molar-refractivity contribution in [3.63, 3.8) is 0 Å². The fourth-order valence-electron chi connectivity index (χ4n) is 1.70. The van der Waals surface area contributed by atoms with E-state index in [0.29, 0.717) is 0 Å². The maximum absolute atomic E-state index is 12.8. The molecule has 106 valence electrons. The smallest absolute Gasteiger partial charge is 0.416 e. The second-order valence-corrected chi connectivity index (χ2v) is 4.01. The van der Waals surface area contributed by atoms with Gasteiger partial charge in [0.25, 0.3) is 5.91 Å². The Morgan fingerprint density at radius 1 is 1.30 bits per heavy atom. The molecule has 0 saturated heterocycles. The summed E-state index contributed by atoms with van der Waals surface area (Å²) in [7, 11) is 0. The van der Waals surface area contributed by atoms with Gasteiger partial charge in [0, 0.05) is 12.2 Å². The summed E-state index contributed by atoms with van der Waals surface area (Å²) in [5.41, 5.74) is 4.40. The van der Waals surface area contributed by atoms with Crippen molar-refractivity contribution in [2.75, 3.05) is 5.32 Å². The lowest BCUT2D eigenvalue weighted by Crippen LogP contribution is -2.15. The Morgan fingerprint density at radius 3 is 2.60 bits per heavy atom. The first-order valence-electron chi connectivity index (χ1n) is 5.67. The number of carbonyl (C=O) groups is 1. The molecule has 7 heteroatoms. The van der Waals surface area contributed by atoms with Crippen LogP contribution in [0.15, 0.2) is 41.0 Å². The molecule has 3 N–H and O–H groups in total. The van der Waals surface area contributed by atoms with Gasteiger partial charge in [0.2, 0.25) is 0 Å². The predicted molar refractivity (Wildman–Crippen MR) is 66.0 cm³/mol. The first kappa shape index (κ1) is 14.1. The molecule has 1 aromatic carbocycles. The quantitative estimate of drug-likeness (QED) is 0.910. The van der Waals surface area contributed by atoms with Crippen LogP contribution >= 0.6 is 0 Å². The van der Waals surface area contributed by atoms with Crippen LogP contribution < -0.4 is 11.1 Å². The summed E-state index contributed by atoms with van der Waals surface area (Å²) < 4.78 is 43.4. The topological polar surface area (TPSA) is 68.3 Å². The molecule has 0 radical (unpaired) electrons. The number of anilines is 1. The molecule has 0 unspecified atom stereocenters. The van der Waals surface area contributed by atoms with Gasteiger partial charge in [0.1, 0.15) is 0 Å². The van der Waals surface area contributed by atoms with E-state index in [0.717, 1.165) is 6.07 Å². The molecular weight excluding hydrogens is 273 g/mol. The Kier molecular flexibility index (Phi) is 3.80. The van der Waals surface area contributed by atoms with E-state index in [1.54, 1.807) is 0 Å². The Morgan fingerprint density at radius 2 is 2.05 bits per heavy atom. The van der Waals surface area contributed by atoms with Crippen molar-refractivity contribution in [1.82, 2.24) is 0 Å². The van der Waals surface area contributed by atoms with Crippen molar-refractivity contribution in [3.05, 3.63) is 53.5 Å². The van der Waals surface area contributed by atoms with Crippen molar-refractivity contribution in [2.45, 2.75) is 12.7 Å². The van der Waals surface area contributed by atoms with Gasteiger partial charge >= 0.3 is 6.18 Å². The highest BCUT2D eigenvalue weighted by Gasteiger charge is 2.33. The minimum absolute atomic E-state index is 0.0152. The van der Waals surface area contributed by atoms with Gasteiger partial charge in [-0.3, -0.25) is 4.79 Å². The van der Waals surface area contributed by atoms with Crippen molar-refractivity contribution in [3.8, 4) is 0 Å². The zero-order valence-corrected chi connectivity index (χ0v) is 10.2.